The summed E-state index contributed by atoms with van der Waals surface area (Å²) in [6.07, 6.45) is 1.20. The molecule has 0 aromatic carbocycles. The molecule has 96 valence electrons. The van der Waals surface area contributed by atoms with Crippen LogP contribution in [0.1, 0.15) is 13.3 Å². The van der Waals surface area contributed by atoms with E-state index in [0.29, 0.717) is 12.0 Å². The van der Waals surface area contributed by atoms with Crippen molar-refractivity contribution >= 4 is 0 Å². The molecule has 2 unspecified atom stereocenters. The van der Waals surface area contributed by atoms with Crippen molar-refractivity contribution in [2.45, 2.75) is 19.4 Å². The molecule has 4 nitrogen and oxygen atoms in total. The van der Waals surface area contributed by atoms with Gasteiger partial charge in [-0.2, -0.15) is 0 Å². The smallest absolute Gasteiger partial charge is 0.0589 e. The first-order chi connectivity index (χ1) is 7.74. The first-order valence-corrected chi connectivity index (χ1v) is 6.22. The van der Waals surface area contributed by atoms with Crippen LogP contribution in [0.25, 0.3) is 0 Å². The van der Waals surface area contributed by atoms with Gasteiger partial charge in [0.05, 0.1) is 13.2 Å². The van der Waals surface area contributed by atoms with Gasteiger partial charge in [-0.1, -0.05) is 0 Å². The fourth-order valence-corrected chi connectivity index (χ4v) is 1.96. The van der Waals surface area contributed by atoms with Crippen LogP contribution in [-0.4, -0.2) is 64.6 Å². The van der Waals surface area contributed by atoms with Gasteiger partial charge in [-0.25, -0.2) is 0 Å². The topological polar surface area (TPSA) is 33.7 Å². The summed E-state index contributed by atoms with van der Waals surface area (Å²) in [5.41, 5.74) is 0. The molecule has 16 heavy (non-hydrogen) atoms. The third kappa shape index (κ3) is 5.25. The number of hydrogen-bond acceptors (Lipinski definition) is 4. The minimum absolute atomic E-state index is 0.568. The molecule has 1 aliphatic rings. The first kappa shape index (κ1) is 13.9. The molecule has 0 aromatic rings. The van der Waals surface area contributed by atoms with E-state index in [1.807, 2.05) is 0 Å². The Kier molecular flexibility index (Phi) is 6.96. The lowest BCUT2D eigenvalue weighted by Crippen LogP contribution is -2.39. The van der Waals surface area contributed by atoms with E-state index in [4.69, 9.17) is 9.47 Å². The molecule has 1 rings (SSSR count). The lowest BCUT2D eigenvalue weighted by atomic mass is 10.0. The molecule has 1 N–H and O–H groups in total. The quantitative estimate of drug-likeness (QED) is 0.661. The van der Waals surface area contributed by atoms with E-state index < -0.39 is 0 Å². The molecule has 1 saturated heterocycles. The zero-order valence-electron chi connectivity index (χ0n) is 10.9. The number of methoxy groups -OCH3 is 1. The molecule has 1 fully saturated rings. The van der Waals surface area contributed by atoms with Gasteiger partial charge in [0.1, 0.15) is 0 Å². The van der Waals surface area contributed by atoms with Crippen molar-refractivity contribution in [3.05, 3.63) is 0 Å². The summed E-state index contributed by atoms with van der Waals surface area (Å²) >= 11 is 0. The van der Waals surface area contributed by atoms with Crippen molar-refractivity contribution in [3.63, 3.8) is 0 Å². The Morgan fingerprint density at radius 1 is 1.50 bits per heavy atom. The minimum Gasteiger partial charge on any atom is -0.383 e. The third-order valence-corrected chi connectivity index (χ3v) is 3.31. The summed E-state index contributed by atoms with van der Waals surface area (Å²) in [5, 5.41) is 3.57. The summed E-state index contributed by atoms with van der Waals surface area (Å²) in [6, 6.07) is 0.568. The Balaban J connectivity index is 2.00. The van der Waals surface area contributed by atoms with Crippen LogP contribution >= 0.6 is 0 Å². The van der Waals surface area contributed by atoms with E-state index in [1.54, 1.807) is 7.11 Å². The molecule has 4 heteroatoms. The molecule has 0 radical (unpaired) electrons. The second-order valence-electron chi connectivity index (χ2n) is 4.66. The Morgan fingerprint density at radius 3 is 2.94 bits per heavy atom. The van der Waals surface area contributed by atoms with Gasteiger partial charge in [0.15, 0.2) is 0 Å². The maximum absolute atomic E-state index is 5.39. The van der Waals surface area contributed by atoms with Crippen LogP contribution in [0.5, 0.6) is 0 Å². The van der Waals surface area contributed by atoms with Gasteiger partial charge >= 0.3 is 0 Å². The monoisotopic (exact) mass is 230 g/mol. The first-order valence-electron chi connectivity index (χ1n) is 6.22. The summed E-state index contributed by atoms with van der Waals surface area (Å²) in [4.78, 5) is 2.29. The van der Waals surface area contributed by atoms with Crippen LogP contribution in [0.2, 0.25) is 0 Å². The molecule has 2 atom stereocenters. The highest BCUT2D eigenvalue weighted by Gasteiger charge is 2.21. The van der Waals surface area contributed by atoms with Crippen LogP contribution in [0.15, 0.2) is 0 Å². The second kappa shape index (κ2) is 8.01. The van der Waals surface area contributed by atoms with E-state index in [0.717, 1.165) is 39.5 Å². The molecular formula is C12H26N2O2. The zero-order valence-corrected chi connectivity index (χ0v) is 10.9. The lowest BCUT2D eigenvalue weighted by molar-refractivity contribution is 0.159. The van der Waals surface area contributed by atoms with Gasteiger partial charge in [0.2, 0.25) is 0 Å². The molecular weight excluding hydrogens is 204 g/mol. The fraction of sp³-hybridized carbons (Fsp3) is 1.00. The van der Waals surface area contributed by atoms with E-state index >= 15 is 0 Å². The number of hydrogen-bond donors (Lipinski definition) is 1. The second-order valence-corrected chi connectivity index (χ2v) is 4.66. The van der Waals surface area contributed by atoms with Crippen LogP contribution in [0.4, 0.5) is 0 Å². The normalized spacial score (nSPS) is 22.9. The van der Waals surface area contributed by atoms with E-state index in [1.165, 1.54) is 6.42 Å². The predicted octanol–water partition coefficient (Wildman–Crippen LogP) is 0.579. The highest BCUT2D eigenvalue weighted by Crippen LogP contribution is 2.15. The summed E-state index contributed by atoms with van der Waals surface area (Å²) in [6.45, 7) is 8.04. The van der Waals surface area contributed by atoms with Gasteiger partial charge in [-0.15, -0.1) is 0 Å². The maximum Gasteiger partial charge on any atom is 0.0589 e. The Hall–Kier alpha value is -0.160. The lowest BCUT2D eigenvalue weighted by Gasteiger charge is -2.22. The Morgan fingerprint density at radius 2 is 2.31 bits per heavy atom. The predicted molar refractivity (Wildman–Crippen MR) is 65.8 cm³/mol. The fourth-order valence-electron chi connectivity index (χ4n) is 1.96. The Labute approximate surface area is 99.3 Å². The maximum atomic E-state index is 5.39. The summed E-state index contributed by atoms with van der Waals surface area (Å²) < 4.78 is 10.4. The zero-order chi connectivity index (χ0) is 11.8. The van der Waals surface area contributed by atoms with Crippen LogP contribution in [0.3, 0.4) is 0 Å². The van der Waals surface area contributed by atoms with E-state index in [-0.39, 0.29) is 0 Å². The molecule has 0 spiro atoms. The molecule has 0 aliphatic carbocycles. The summed E-state index contributed by atoms with van der Waals surface area (Å²) in [5.74, 6) is 0.698. The van der Waals surface area contributed by atoms with Crippen molar-refractivity contribution in [2.24, 2.45) is 5.92 Å². The molecule has 0 amide bonds. The van der Waals surface area contributed by atoms with Crippen molar-refractivity contribution in [1.29, 1.82) is 0 Å². The van der Waals surface area contributed by atoms with Gasteiger partial charge in [0, 0.05) is 39.4 Å². The van der Waals surface area contributed by atoms with Crippen molar-refractivity contribution in [1.82, 2.24) is 10.2 Å². The highest BCUT2D eigenvalue weighted by molar-refractivity contribution is 4.75. The van der Waals surface area contributed by atoms with Crippen molar-refractivity contribution < 1.29 is 9.47 Å². The Bertz CT molecular complexity index is 172. The highest BCUT2D eigenvalue weighted by atomic mass is 16.5. The van der Waals surface area contributed by atoms with Crippen LogP contribution < -0.4 is 5.32 Å². The van der Waals surface area contributed by atoms with Crippen molar-refractivity contribution in [2.75, 3.05) is 53.6 Å². The van der Waals surface area contributed by atoms with Gasteiger partial charge < -0.3 is 19.7 Å². The molecule has 0 aromatic heterocycles. The van der Waals surface area contributed by atoms with E-state index in [9.17, 15) is 0 Å². The van der Waals surface area contributed by atoms with E-state index in [2.05, 4.69) is 24.2 Å². The summed E-state index contributed by atoms with van der Waals surface area (Å²) in [7, 11) is 3.87. The standard InChI is InChI=1S/C12H26N2O2/c1-11(12-4-8-16-10-12)13-5-6-14(2)7-9-15-3/h11-13H,4-10H2,1-3H3. The number of rotatable bonds is 8. The van der Waals surface area contributed by atoms with Crippen LogP contribution in [-0.2, 0) is 9.47 Å². The number of nitrogens with zero attached hydrogens (tertiary/aromatic N) is 1. The average Bonchev–Trinajstić information content (AvgIpc) is 2.79. The molecule has 1 heterocycles. The molecule has 0 saturated carbocycles. The van der Waals surface area contributed by atoms with Crippen molar-refractivity contribution in [3.8, 4) is 0 Å². The van der Waals surface area contributed by atoms with Gasteiger partial charge in [-0.3, -0.25) is 0 Å². The number of likely N-dealkylation sites (N-methyl/N-ethyl adjacent to an activating group) is 1. The molecule has 0 bridgehead atoms. The average molecular weight is 230 g/mol. The van der Waals surface area contributed by atoms with Crippen LogP contribution in [0, 0.1) is 5.92 Å². The number of ether oxygens (including phenoxy) is 2. The van der Waals surface area contributed by atoms with Gasteiger partial charge in [0.25, 0.3) is 0 Å². The third-order valence-electron chi connectivity index (χ3n) is 3.31. The molecule has 1 aliphatic heterocycles. The minimum atomic E-state index is 0.568. The largest absolute Gasteiger partial charge is 0.383 e. The number of nitrogens with one attached hydrogen (secondary N) is 1. The SMILES string of the molecule is COCCN(C)CCNC(C)C1CCOC1. The van der Waals surface area contributed by atoms with Gasteiger partial charge in [-0.05, 0) is 26.3 Å².